The molecule has 1 aromatic heterocycles. The van der Waals surface area contributed by atoms with E-state index in [1.165, 1.54) is 26.0 Å². The normalized spacial score (nSPS) is 16.6. The van der Waals surface area contributed by atoms with Gasteiger partial charge in [-0.05, 0) is 62.4 Å². The Morgan fingerprint density at radius 3 is 2.24 bits per heavy atom. The predicted octanol–water partition coefficient (Wildman–Crippen LogP) is 6.08. The van der Waals surface area contributed by atoms with Crippen molar-refractivity contribution in [3.8, 4) is 17.2 Å². The van der Waals surface area contributed by atoms with E-state index in [4.69, 9.17) is 0 Å². The van der Waals surface area contributed by atoms with Gasteiger partial charge in [0.05, 0.1) is 17.6 Å². The summed E-state index contributed by atoms with van der Waals surface area (Å²) in [6.07, 6.45) is -4.42. The van der Waals surface area contributed by atoms with E-state index in [2.05, 4.69) is 15.6 Å². The van der Waals surface area contributed by atoms with E-state index in [9.17, 15) is 27.6 Å². The molecule has 0 aliphatic heterocycles. The van der Waals surface area contributed by atoms with Crippen molar-refractivity contribution >= 4 is 16.8 Å². The number of pyridine rings is 1. The second-order valence-electron chi connectivity index (χ2n) is 10.3. The van der Waals surface area contributed by atoms with Crippen LogP contribution in [-0.2, 0) is 4.79 Å². The molecule has 37 heavy (non-hydrogen) atoms. The van der Waals surface area contributed by atoms with Gasteiger partial charge in [0, 0.05) is 17.5 Å². The maximum Gasteiger partial charge on any atom is 0.407 e. The minimum Gasteiger partial charge on any atom is -0.336 e. The Hall–Kier alpha value is -3.51. The second kappa shape index (κ2) is 9.75. The molecule has 0 bridgehead atoms. The van der Waals surface area contributed by atoms with Crippen molar-refractivity contribution in [3.05, 3.63) is 65.9 Å². The van der Waals surface area contributed by atoms with Crippen LogP contribution >= 0.6 is 0 Å². The number of amides is 1. The smallest absolute Gasteiger partial charge is 0.336 e. The van der Waals surface area contributed by atoms with Crippen LogP contribution in [0.4, 0.5) is 17.6 Å². The van der Waals surface area contributed by atoms with Crippen LogP contribution in [0, 0.1) is 18.3 Å². The van der Waals surface area contributed by atoms with Gasteiger partial charge in [-0.3, -0.25) is 15.1 Å². The lowest BCUT2D eigenvalue weighted by Crippen LogP contribution is -2.53. The number of alkyl halides is 4. The first-order valence-corrected chi connectivity index (χ1v) is 12.0. The molecule has 2 N–H and O–H groups in total. The van der Waals surface area contributed by atoms with Gasteiger partial charge in [0.25, 0.3) is 0 Å². The molecule has 3 aromatic rings. The molecule has 0 spiro atoms. The number of nitrogens with one attached hydrogen (secondary N) is 2. The van der Waals surface area contributed by atoms with Gasteiger partial charge in [-0.2, -0.15) is 18.4 Å². The molecule has 2 aromatic carbocycles. The van der Waals surface area contributed by atoms with Crippen molar-refractivity contribution in [2.45, 2.75) is 69.5 Å². The fourth-order valence-electron chi connectivity index (χ4n) is 4.27. The number of nitriles is 1. The molecular weight excluding hydrogens is 484 g/mol. The quantitative estimate of drug-likeness (QED) is 0.359. The average Bonchev–Trinajstić information content (AvgIpc) is 3.59. The minimum atomic E-state index is -4.75. The lowest BCUT2D eigenvalue weighted by atomic mass is 9.96. The van der Waals surface area contributed by atoms with Gasteiger partial charge in [-0.25, -0.2) is 4.39 Å². The highest BCUT2D eigenvalue weighted by Crippen LogP contribution is 2.37. The molecule has 0 unspecified atom stereocenters. The summed E-state index contributed by atoms with van der Waals surface area (Å²) < 4.78 is 57.0. The summed E-state index contributed by atoms with van der Waals surface area (Å²) in [7, 11) is 0. The summed E-state index contributed by atoms with van der Waals surface area (Å²) >= 11 is 0. The molecule has 1 aliphatic rings. The van der Waals surface area contributed by atoms with Gasteiger partial charge in [0.2, 0.25) is 5.91 Å². The fourth-order valence-corrected chi connectivity index (χ4v) is 4.27. The van der Waals surface area contributed by atoms with Crippen molar-refractivity contribution in [1.82, 2.24) is 15.6 Å². The molecule has 5 nitrogen and oxygen atoms in total. The van der Waals surface area contributed by atoms with E-state index < -0.39 is 41.8 Å². The Morgan fingerprint density at radius 1 is 1.05 bits per heavy atom. The Labute approximate surface area is 212 Å². The maximum absolute atomic E-state index is 14.5. The van der Waals surface area contributed by atoms with Crippen molar-refractivity contribution in [2.24, 2.45) is 0 Å². The number of aromatic nitrogens is 1. The summed E-state index contributed by atoms with van der Waals surface area (Å²) in [6, 6.07) is 13.6. The summed E-state index contributed by atoms with van der Waals surface area (Å²) in [5.41, 5.74) is 0.0411. The number of hydrogen-bond acceptors (Lipinski definition) is 4. The minimum absolute atomic E-state index is 0.109. The Kier molecular flexibility index (Phi) is 6.99. The summed E-state index contributed by atoms with van der Waals surface area (Å²) in [5, 5.41) is 15.0. The number of aryl methyl sites for hydroxylation is 1. The van der Waals surface area contributed by atoms with Crippen LogP contribution in [0.1, 0.15) is 50.4 Å². The van der Waals surface area contributed by atoms with Gasteiger partial charge in [-0.1, -0.05) is 42.5 Å². The molecule has 4 rings (SSSR count). The standard InChI is InChI=1S/C28H28F4N4O/c1-17-4-5-19-8-11-21(14-22(19)34-17)18-6-9-20(10-7-18)24(28(30,31)32)35-23(15-26(2,3)29)25(37)36-27(16-33)12-13-27/h4-11,14,23-24,35H,12-13,15H2,1-3H3,(H,36,37)/t23-,24-/m0/s1. The molecule has 1 saturated carbocycles. The molecule has 1 heterocycles. The molecule has 1 fully saturated rings. The molecule has 2 atom stereocenters. The van der Waals surface area contributed by atoms with Crippen LogP contribution in [0.2, 0.25) is 0 Å². The number of carbonyl (C=O) groups excluding carboxylic acids is 1. The molecule has 194 valence electrons. The summed E-state index contributed by atoms with van der Waals surface area (Å²) in [6.45, 7) is 4.28. The highest BCUT2D eigenvalue weighted by atomic mass is 19.4. The molecule has 1 aliphatic carbocycles. The van der Waals surface area contributed by atoms with E-state index in [-0.39, 0.29) is 5.56 Å². The maximum atomic E-state index is 14.5. The summed E-state index contributed by atoms with van der Waals surface area (Å²) in [5.74, 6) is -0.824. The van der Waals surface area contributed by atoms with Gasteiger partial charge >= 0.3 is 6.18 Å². The van der Waals surface area contributed by atoms with Crippen LogP contribution < -0.4 is 10.6 Å². The van der Waals surface area contributed by atoms with Crippen LogP contribution in [0.3, 0.4) is 0 Å². The van der Waals surface area contributed by atoms with Crippen molar-refractivity contribution in [2.75, 3.05) is 0 Å². The highest BCUT2D eigenvalue weighted by Gasteiger charge is 2.48. The lowest BCUT2D eigenvalue weighted by Gasteiger charge is -2.30. The number of carbonyl (C=O) groups is 1. The molecule has 1 amide bonds. The zero-order valence-corrected chi connectivity index (χ0v) is 20.8. The first-order chi connectivity index (χ1) is 17.3. The van der Waals surface area contributed by atoms with E-state index in [0.717, 1.165) is 22.2 Å². The van der Waals surface area contributed by atoms with E-state index >= 15 is 0 Å². The molecule has 0 saturated heterocycles. The number of fused-ring (bicyclic) bond motifs is 1. The van der Waals surface area contributed by atoms with Crippen molar-refractivity contribution in [1.29, 1.82) is 5.26 Å². The second-order valence-corrected chi connectivity index (χ2v) is 10.3. The first kappa shape index (κ1) is 26.6. The van der Waals surface area contributed by atoms with Crippen LogP contribution in [0.5, 0.6) is 0 Å². The number of rotatable bonds is 8. The summed E-state index contributed by atoms with van der Waals surface area (Å²) in [4.78, 5) is 17.3. The number of hydrogen-bond donors (Lipinski definition) is 2. The first-order valence-electron chi connectivity index (χ1n) is 12.0. The molecular formula is C28H28F4N4O. The Bertz CT molecular complexity index is 1340. The molecule has 9 heteroatoms. The van der Waals surface area contributed by atoms with Gasteiger partial charge in [-0.15, -0.1) is 0 Å². The van der Waals surface area contributed by atoms with Gasteiger partial charge < -0.3 is 5.32 Å². The van der Waals surface area contributed by atoms with E-state index in [0.29, 0.717) is 18.4 Å². The number of nitrogens with zero attached hydrogens (tertiary/aromatic N) is 2. The zero-order chi connectivity index (χ0) is 27.0. The zero-order valence-electron chi connectivity index (χ0n) is 20.8. The van der Waals surface area contributed by atoms with Crippen molar-refractivity contribution < 1.29 is 22.4 Å². The highest BCUT2D eigenvalue weighted by molar-refractivity contribution is 5.85. The third kappa shape index (κ3) is 6.44. The number of halogens is 4. The molecule has 0 radical (unpaired) electrons. The lowest BCUT2D eigenvalue weighted by molar-refractivity contribution is -0.161. The Morgan fingerprint density at radius 2 is 1.68 bits per heavy atom. The van der Waals surface area contributed by atoms with E-state index in [1.54, 1.807) is 12.1 Å². The largest absolute Gasteiger partial charge is 0.407 e. The monoisotopic (exact) mass is 512 g/mol. The van der Waals surface area contributed by atoms with Crippen molar-refractivity contribution in [3.63, 3.8) is 0 Å². The predicted molar refractivity (Wildman–Crippen MR) is 133 cm³/mol. The van der Waals surface area contributed by atoms with Crippen LogP contribution in [0.15, 0.2) is 54.6 Å². The third-order valence-corrected chi connectivity index (χ3v) is 6.44. The Balaban J connectivity index is 1.60. The van der Waals surface area contributed by atoms with Gasteiger partial charge in [0.1, 0.15) is 17.2 Å². The van der Waals surface area contributed by atoms with Gasteiger partial charge in [0.15, 0.2) is 0 Å². The SMILES string of the molecule is Cc1ccc2ccc(-c3ccc([C@H](N[C@@H](CC(C)(C)F)C(=O)NC4(C#N)CC4)C(F)(F)F)cc3)cc2n1. The average molecular weight is 513 g/mol. The van der Waals surface area contributed by atoms with E-state index in [1.807, 2.05) is 43.3 Å². The fraction of sp³-hybridized carbons (Fsp3) is 0.393. The topological polar surface area (TPSA) is 77.8 Å². The van der Waals surface area contributed by atoms with Crippen LogP contribution in [-0.4, -0.2) is 34.3 Å². The third-order valence-electron chi connectivity index (χ3n) is 6.44. The number of benzene rings is 2. The van der Waals surface area contributed by atoms with Crippen LogP contribution in [0.25, 0.3) is 22.0 Å².